The molecule has 11 aromatic rings. The Labute approximate surface area is 333 Å². The lowest BCUT2D eigenvalue weighted by molar-refractivity contribution is 1.17. The molecule has 0 aliphatic heterocycles. The highest BCUT2D eigenvalue weighted by molar-refractivity contribution is 7.20. The van der Waals surface area contributed by atoms with Crippen LogP contribution >= 0.6 is 0 Å². The van der Waals surface area contributed by atoms with Gasteiger partial charge < -0.3 is 9.13 Å². The molecule has 0 saturated heterocycles. The van der Waals surface area contributed by atoms with Gasteiger partial charge in [0.25, 0.3) is 0 Å². The van der Waals surface area contributed by atoms with Gasteiger partial charge in [-0.1, -0.05) is 188 Å². The zero-order valence-electron chi connectivity index (χ0n) is 31.3. The topological polar surface area (TPSA) is 9.86 Å². The maximum Gasteiger partial charge on any atom is 0.180 e. The number of rotatable bonds is 7. The van der Waals surface area contributed by atoms with Crippen LogP contribution in [0.5, 0.6) is 0 Å². The van der Waals surface area contributed by atoms with Gasteiger partial charge in [-0.15, -0.1) is 0 Å². The predicted molar refractivity (Wildman–Crippen MR) is 244 cm³/mol. The van der Waals surface area contributed by atoms with Gasteiger partial charge in [0.15, 0.2) is 8.07 Å². The number of para-hydroxylation sites is 3. The number of aromatic nitrogens is 2. The van der Waals surface area contributed by atoms with Gasteiger partial charge in [0, 0.05) is 38.5 Å². The Morgan fingerprint density at radius 3 is 1.47 bits per heavy atom. The minimum Gasteiger partial charge on any atom is -0.309 e. The van der Waals surface area contributed by atoms with Crippen molar-refractivity contribution in [1.82, 2.24) is 9.13 Å². The molecule has 0 radical (unpaired) electrons. The van der Waals surface area contributed by atoms with Gasteiger partial charge >= 0.3 is 0 Å². The van der Waals surface area contributed by atoms with Crippen LogP contribution in [0.25, 0.3) is 66.1 Å². The summed E-state index contributed by atoms with van der Waals surface area (Å²) in [6, 6.07) is 85.1. The molecular weight excluding hydrogens is 705 g/mol. The maximum atomic E-state index is 2.50. The molecule has 0 fully saturated rings. The Morgan fingerprint density at radius 1 is 0.316 bits per heavy atom. The minimum atomic E-state index is -2.84. The zero-order valence-corrected chi connectivity index (χ0v) is 32.3. The van der Waals surface area contributed by atoms with Crippen molar-refractivity contribution in [1.29, 1.82) is 0 Å². The molecule has 9 aromatic carbocycles. The summed E-state index contributed by atoms with van der Waals surface area (Å²) in [5, 5.41) is 10.6. The number of hydrogen-bond acceptors (Lipinski definition) is 0. The smallest absolute Gasteiger partial charge is 0.180 e. The molecule has 0 bridgehead atoms. The standard InChI is InChI=1S/C54H38N2Si/c1-6-20-39(21-7-1)45-31-18-32-46-48-38-41(36-37-50(48)56(54(45)46)40-22-8-2-9-23-40)55-49-33-17-16-30-47(49)53-51(55)34-19-35-52(53)57(42-24-10-3-11-25-42,43-26-12-4-13-27-43)44-28-14-5-15-29-44/h1-38H. The van der Waals surface area contributed by atoms with Crippen molar-refractivity contribution in [2.75, 3.05) is 0 Å². The van der Waals surface area contributed by atoms with Crippen molar-refractivity contribution < 1.29 is 0 Å². The third kappa shape index (κ3) is 5.10. The SMILES string of the molecule is c1ccc(-c2cccc3c4cc(-n5c6ccccc6c6c([Si](c7ccccc7)(c7ccccc7)c7ccccc7)cccc65)ccc4n(-c4ccccc4)c23)cc1. The molecule has 0 atom stereocenters. The van der Waals surface area contributed by atoms with Crippen molar-refractivity contribution in [2.24, 2.45) is 0 Å². The normalized spacial score (nSPS) is 11.9. The first-order chi connectivity index (χ1) is 28.3. The summed E-state index contributed by atoms with van der Waals surface area (Å²) in [6.45, 7) is 0. The quantitative estimate of drug-likeness (QED) is 0.114. The highest BCUT2D eigenvalue weighted by Crippen LogP contribution is 2.40. The summed E-state index contributed by atoms with van der Waals surface area (Å²) < 4.78 is 4.95. The van der Waals surface area contributed by atoms with E-state index in [0.29, 0.717) is 0 Å². The summed E-state index contributed by atoms with van der Waals surface area (Å²) >= 11 is 0. The highest BCUT2D eigenvalue weighted by atomic mass is 28.3. The number of benzene rings is 9. The lowest BCUT2D eigenvalue weighted by atomic mass is 10.0. The molecule has 268 valence electrons. The van der Waals surface area contributed by atoms with Gasteiger partial charge in [0.05, 0.1) is 22.1 Å². The first-order valence-electron chi connectivity index (χ1n) is 19.7. The molecule has 0 saturated carbocycles. The average molecular weight is 743 g/mol. The molecule has 2 heterocycles. The molecule has 3 heteroatoms. The van der Waals surface area contributed by atoms with E-state index in [9.17, 15) is 0 Å². The first kappa shape index (κ1) is 33.2. The zero-order chi connectivity index (χ0) is 37.8. The number of nitrogens with zero attached hydrogens (tertiary/aromatic N) is 2. The Balaban J connectivity index is 1.24. The third-order valence-corrected chi connectivity index (χ3v) is 16.7. The predicted octanol–water partition coefficient (Wildman–Crippen LogP) is 10.9. The van der Waals surface area contributed by atoms with E-state index >= 15 is 0 Å². The van der Waals surface area contributed by atoms with E-state index in [0.717, 1.165) is 11.4 Å². The average Bonchev–Trinajstić information content (AvgIpc) is 3.81. The van der Waals surface area contributed by atoms with Crippen LogP contribution in [0.1, 0.15) is 0 Å². The largest absolute Gasteiger partial charge is 0.309 e. The monoisotopic (exact) mass is 742 g/mol. The summed E-state index contributed by atoms with van der Waals surface area (Å²) in [5.41, 5.74) is 9.55. The molecule has 0 unspecified atom stereocenters. The molecule has 0 aliphatic carbocycles. The van der Waals surface area contributed by atoms with E-state index in [1.54, 1.807) is 0 Å². The summed E-state index contributed by atoms with van der Waals surface area (Å²) in [6.07, 6.45) is 0. The van der Waals surface area contributed by atoms with Crippen LogP contribution in [0.4, 0.5) is 0 Å². The van der Waals surface area contributed by atoms with Crippen molar-refractivity contribution in [3.63, 3.8) is 0 Å². The molecule has 11 rings (SSSR count). The van der Waals surface area contributed by atoms with Crippen LogP contribution < -0.4 is 20.7 Å². The van der Waals surface area contributed by atoms with E-state index in [1.807, 2.05) is 0 Å². The second-order valence-electron chi connectivity index (χ2n) is 14.8. The van der Waals surface area contributed by atoms with E-state index in [-0.39, 0.29) is 0 Å². The number of hydrogen-bond donors (Lipinski definition) is 0. The van der Waals surface area contributed by atoms with Crippen LogP contribution in [0.2, 0.25) is 0 Å². The summed E-state index contributed by atoms with van der Waals surface area (Å²) in [4.78, 5) is 0. The van der Waals surface area contributed by atoms with E-state index < -0.39 is 8.07 Å². The molecule has 2 nitrogen and oxygen atoms in total. The van der Waals surface area contributed by atoms with Gasteiger partial charge in [0.2, 0.25) is 0 Å². The Bertz CT molecular complexity index is 3110. The molecule has 0 aliphatic rings. The van der Waals surface area contributed by atoms with E-state index in [2.05, 4.69) is 240 Å². The first-order valence-corrected chi connectivity index (χ1v) is 21.7. The summed E-state index contributed by atoms with van der Waals surface area (Å²) in [7, 11) is -2.84. The molecule has 0 amide bonds. The summed E-state index contributed by atoms with van der Waals surface area (Å²) in [5.74, 6) is 0. The van der Waals surface area contributed by atoms with Crippen LogP contribution in [-0.2, 0) is 0 Å². The Hall–Kier alpha value is -7.20. The van der Waals surface area contributed by atoms with Gasteiger partial charge in [-0.25, -0.2) is 0 Å². The minimum absolute atomic E-state index is 1.15. The van der Waals surface area contributed by atoms with Crippen molar-refractivity contribution in [3.05, 3.63) is 231 Å². The van der Waals surface area contributed by atoms with Crippen molar-refractivity contribution in [2.45, 2.75) is 0 Å². The Morgan fingerprint density at radius 2 is 0.825 bits per heavy atom. The van der Waals surface area contributed by atoms with Gasteiger partial charge in [0.1, 0.15) is 0 Å². The molecule has 0 N–H and O–H groups in total. The van der Waals surface area contributed by atoms with Crippen LogP contribution in [0, 0.1) is 0 Å². The highest BCUT2D eigenvalue weighted by Gasteiger charge is 2.43. The number of fused-ring (bicyclic) bond motifs is 6. The van der Waals surface area contributed by atoms with E-state index in [4.69, 9.17) is 0 Å². The van der Waals surface area contributed by atoms with Crippen LogP contribution in [-0.4, -0.2) is 17.2 Å². The second kappa shape index (κ2) is 13.5. The van der Waals surface area contributed by atoms with Crippen LogP contribution in [0.15, 0.2) is 231 Å². The molecule has 0 spiro atoms. The van der Waals surface area contributed by atoms with Gasteiger partial charge in [-0.05, 0) is 68.8 Å². The third-order valence-electron chi connectivity index (χ3n) is 11.9. The lowest BCUT2D eigenvalue weighted by Crippen LogP contribution is -2.74. The van der Waals surface area contributed by atoms with Gasteiger partial charge in [-0.3, -0.25) is 0 Å². The van der Waals surface area contributed by atoms with Crippen molar-refractivity contribution in [3.8, 4) is 22.5 Å². The fraction of sp³-hybridized carbons (Fsp3) is 0. The lowest BCUT2D eigenvalue weighted by Gasteiger charge is -2.35. The maximum absolute atomic E-state index is 2.84. The molecule has 2 aromatic heterocycles. The van der Waals surface area contributed by atoms with Crippen molar-refractivity contribution >= 4 is 72.4 Å². The van der Waals surface area contributed by atoms with Crippen LogP contribution in [0.3, 0.4) is 0 Å². The van der Waals surface area contributed by atoms with Gasteiger partial charge in [-0.2, -0.15) is 0 Å². The van der Waals surface area contributed by atoms with E-state index in [1.165, 1.54) is 75.5 Å². The Kier molecular flexibility index (Phi) is 7.87. The molecule has 57 heavy (non-hydrogen) atoms. The fourth-order valence-corrected chi connectivity index (χ4v) is 14.5. The molecular formula is C54H38N2Si. The fourth-order valence-electron chi connectivity index (χ4n) is 9.53. The second-order valence-corrected chi connectivity index (χ2v) is 18.6.